The Bertz CT molecular complexity index is 380. The summed E-state index contributed by atoms with van der Waals surface area (Å²) >= 11 is 5.82. The maximum Gasteiger partial charge on any atom is 0.165 e. The van der Waals surface area contributed by atoms with Crippen LogP contribution in [0.4, 0.5) is 0 Å². The van der Waals surface area contributed by atoms with Crippen LogP contribution in [0.1, 0.15) is 36.0 Å². The van der Waals surface area contributed by atoms with E-state index >= 15 is 0 Å². The third-order valence-electron chi connectivity index (χ3n) is 3.63. The number of carbonyl (C=O) groups excluding carboxylic acids is 1. The van der Waals surface area contributed by atoms with Crippen LogP contribution in [0.5, 0.6) is 0 Å². The zero-order valence-electron chi connectivity index (χ0n) is 10.1. The van der Waals surface area contributed by atoms with Gasteiger partial charge in [-0.1, -0.05) is 11.6 Å². The number of benzene rings is 1. The fraction of sp³-hybridized carbons (Fsp3) is 0.500. The van der Waals surface area contributed by atoms with E-state index in [2.05, 4.69) is 5.32 Å². The van der Waals surface area contributed by atoms with Crippen LogP contribution in [-0.2, 0) is 0 Å². The van der Waals surface area contributed by atoms with E-state index in [1.807, 2.05) is 19.2 Å². The van der Waals surface area contributed by atoms with Gasteiger partial charge in [-0.05, 0) is 57.0 Å². The Kier molecular flexibility index (Phi) is 4.19. The molecule has 1 aromatic carbocycles. The standard InChI is InChI=1S/C14H18ClNO/c1-16-13-8-4-11(5-9-13)14(17)10-2-6-12(15)7-3-10/h2-3,6-7,11,13,16H,4-5,8-9H2,1H3. The molecule has 0 bridgehead atoms. The maximum absolute atomic E-state index is 12.2. The van der Waals surface area contributed by atoms with Gasteiger partial charge in [0.05, 0.1) is 0 Å². The summed E-state index contributed by atoms with van der Waals surface area (Å²) in [4.78, 5) is 12.2. The molecule has 0 amide bonds. The summed E-state index contributed by atoms with van der Waals surface area (Å²) in [5.41, 5.74) is 0.794. The molecule has 17 heavy (non-hydrogen) atoms. The van der Waals surface area contributed by atoms with Crippen LogP contribution in [0.3, 0.4) is 0 Å². The number of hydrogen-bond acceptors (Lipinski definition) is 2. The zero-order chi connectivity index (χ0) is 12.3. The van der Waals surface area contributed by atoms with E-state index in [0.29, 0.717) is 11.1 Å². The summed E-state index contributed by atoms with van der Waals surface area (Å²) in [5, 5.41) is 3.96. The summed E-state index contributed by atoms with van der Waals surface area (Å²) < 4.78 is 0. The Morgan fingerprint density at radius 2 is 1.76 bits per heavy atom. The predicted octanol–water partition coefficient (Wildman–Crippen LogP) is 3.30. The second-order valence-electron chi connectivity index (χ2n) is 4.71. The minimum atomic E-state index is 0.195. The first kappa shape index (κ1) is 12.6. The van der Waals surface area contributed by atoms with Crippen molar-refractivity contribution in [3.63, 3.8) is 0 Å². The Morgan fingerprint density at radius 1 is 1.18 bits per heavy atom. The van der Waals surface area contributed by atoms with E-state index in [9.17, 15) is 4.79 Å². The van der Waals surface area contributed by atoms with Gasteiger partial charge in [0.15, 0.2) is 5.78 Å². The second kappa shape index (κ2) is 5.65. The molecule has 1 aliphatic rings. The molecule has 0 radical (unpaired) electrons. The third kappa shape index (κ3) is 3.08. The summed E-state index contributed by atoms with van der Waals surface area (Å²) in [6.07, 6.45) is 4.18. The number of rotatable bonds is 3. The lowest BCUT2D eigenvalue weighted by molar-refractivity contribution is 0.0881. The lowest BCUT2D eigenvalue weighted by Gasteiger charge is -2.27. The Morgan fingerprint density at radius 3 is 2.29 bits per heavy atom. The molecule has 0 heterocycles. The van der Waals surface area contributed by atoms with Crippen molar-refractivity contribution in [1.29, 1.82) is 0 Å². The fourth-order valence-corrected chi connectivity index (χ4v) is 2.62. The van der Waals surface area contributed by atoms with E-state index < -0.39 is 0 Å². The number of Topliss-reactive ketones (excluding diaryl/α,β-unsaturated/α-hetero) is 1. The zero-order valence-corrected chi connectivity index (χ0v) is 10.8. The minimum Gasteiger partial charge on any atom is -0.317 e. The SMILES string of the molecule is CNC1CCC(C(=O)c2ccc(Cl)cc2)CC1. The van der Waals surface area contributed by atoms with Gasteiger partial charge in [-0.15, -0.1) is 0 Å². The highest BCUT2D eigenvalue weighted by Crippen LogP contribution is 2.27. The molecule has 1 N–H and O–H groups in total. The number of nitrogens with one attached hydrogen (secondary N) is 1. The van der Waals surface area contributed by atoms with Crippen molar-refractivity contribution in [3.8, 4) is 0 Å². The second-order valence-corrected chi connectivity index (χ2v) is 5.14. The van der Waals surface area contributed by atoms with E-state index in [0.717, 1.165) is 31.2 Å². The molecule has 2 rings (SSSR count). The van der Waals surface area contributed by atoms with Crippen molar-refractivity contribution in [3.05, 3.63) is 34.9 Å². The van der Waals surface area contributed by atoms with Crippen LogP contribution in [0.2, 0.25) is 5.02 Å². The van der Waals surface area contributed by atoms with E-state index in [1.54, 1.807) is 12.1 Å². The average molecular weight is 252 g/mol. The van der Waals surface area contributed by atoms with Crippen molar-refractivity contribution in [2.75, 3.05) is 7.05 Å². The maximum atomic E-state index is 12.2. The molecule has 0 atom stereocenters. The predicted molar refractivity (Wildman–Crippen MR) is 70.6 cm³/mol. The molecule has 0 saturated heterocycles. The molecule has 1 aliphatic carbocycles. The van der Waals surface area contributed by atoms with Crippen LogP contribution in [-0.4, -0.2) is 18.9 Å². The van der Waals surface area contributed by atoms with Crippen LogP contribution >= 0.6 is 11.6 Å². The fourth-order valence-electron chi connectivity index (χ4n) is 2.49. The molecule has 0 aliphatic heterocycles. The first-order chi connectivity index (χ1) is 8.20. The van der Waals surface area contributed by atoms with Gasteiger partial charge in [0.1, 0.15) is 0 Å². The lowest BCUT2D eigenvalue weighted by Crippen LogP contribution is -2.32. The molecule has 1 saturated carbocycles. The van der Waals surface area contributed by atoms with Gasteiger partial charge in [0.2, 0.25) is 0 Å². The third-order valence-corrected chi connectivity index (χ3v) is 3.89. The van der Waals surface area contributed by atoms with Gasteiger partial charge < -0.3 is 5.32 Å². The molecular weight excluding hydrogens is 234 g/mol. The smallest absolute Gasteiger partial charge is 0.165 e. The van der Waals surface area contributed by atoms with Crippen molar-refractivity contribution in [2.24, 2.45) is 5.92 Å². The topological polar surface area (TPSA) is 29.1 Å². The van der Waals surface area contributed by atoms with Crippen molar-refractivity contribution in [1.82, 2.24) is 5.32 Å². The summed E-state index contributed by atoms with van der Waals surface area (Å²) in [7, 11) is 1.99. The molecule has 1 fully saturated rings. The molecule has 0 spiro atoms. The quantitative estimate of drug-likeness (QED) is 0.836. The molecule has 2 nitrogen and oxygen atoms in total. The number of hydrogen-bond donors (Lipinski definition) is 1. The van der Waals surface area contributed by atoms with Gasteiger partial charge in [-0.2, -0.15) is 0 Å². The van der Waals surface area contributed by atoms with Crippen molar-refractivity contribution in [2.45, 2.75) is 31.7 Å². The first-order valence-corrected chi connectivity index (χ1v) is 6.55. The van der Waals surface area contributed by atoms with Gasteiger partial charge >= 0.3 is 0 Å². The Hall–Kier alpha value is -0.860. The lowest BCUT2D eigenvalue weighted by atomic mass is 9.81. The van der Waals surface area contributed by atoms with Gasteiger partial charge in [-0.3, -0.25) is 4.79 Å². The number of ketones is 1. The largest absolute Gasteiger partial charge is 0.317 e. The molecule has 0 unspecified atom stereocenters. The molecule has 0 aromatic heterocycles. The molecule has 3 heteroatoms. The summed E-state index contributed by atoms with van der Waals surface area (Å²) in [6, 6.07) is 7.82. The van der Waals surface area contributed by atoms with Crippen LogP contribution < -0.4 is 5.32 Å². The Labute approximate surface area is 107 Å². The van der Waals surface area contributed by atoms with E-state index in [-0.39, 0.29) is 11.7 Å². The van der Waals surface area contributed by atoms with Crippen molar-refractivity contribution < 1.29 is 4.79 Å². The average Bonchev–Trinajstić information content (AvgIpc) is 2.39. The van der Waals surface area contributed by atoms with Crippen molar-refractivity contribution >= 4 is 17.4 Å². The molecular formula is C14H18ClNO. The highest BCUT2D eigenvalue weighted by Gasteiger charge is 2.26. The van der Waals surface area contributed by atoms with Crippen LogP contribution in [0.15, 0.2) is 24.3 Å². The monoisotopic (exact) mass is 251 g/mol. The molecule has 92 valence electrons. The van der Waals surface area contributed by atoms with Gasteiger partial charge in [0.25, 0.3) is 0 Å². The highest BCUT2D eigenvalue weighted by molar-refractivity contribution is 6.30. The number of carbonyl (C=O) groups is 1. The first-order valence-electron chi connectivity index (χ1n) is 6.17. The van der Waals surface area contributed by atoms with E-state index in [4.69, 9.17) is 11.6 Å². The van der Waals surface area contributed by atoms with Crippen LogP contribution in [0.25, 0.3) is 0 Å². The summed E-state index contributed by atoms with van der Waals surface area (Å²) in [6.45, 7) is 0. The Balaban J connectivity index is 1.99. The van der Waals surface area contributed by atoms with E-state index in [1.165, 1.54) is 0 Å². The molecule has 1 aromatic rings. The normalized spacial score (nSPS) is 24.6. The van der Waals surface area contributed by atoms with Crippen LogP contribution in [0, 0.1) is 5.92 Å². The minimum absolute atomic E-state index is 0.195. The van der Waals surface area contributed by atoms with Gasteiger partial charge in [-0.25, -0.2) is 0 Å². The van der Waals surface area contributed by atoms with Gasteiger partial charge in [0, 0.05) is 22.5 Å². The highest BCUT2D eigenvalue weighted by atomic mass is 35.5. The summed E-state index contributed by atoms with van der Waals surface area (Å²) in [5.74, 6) is 0.469. The number of halogens is 1.